The highest BCUT2D eigenvalue weighted by molar-refractivity contribution is 5.95. The van der Waals surface area contributed by atoms with Crippen LogP contribution in [0.1, 0.15) is 23.9 Å². The van der Waals surface area contributed by atoms with Crippen molar-refractivity contribution in [1.29, 1.82) is 0 Å². The van der Waals surface area contributed by atoms with E-state index in [2.05, 4.69) is 32.6 Å². The lowest BCUT2D eigenvalue weighted by molar-refractivity contribution is -0.121. The smallest absolute Gasteiger partial charge is 0.242 e. The number of fused-ring (bicyclic) bond motifs is 1. The Hall–Kier alpha value is -3.48. The molecule has 0 bridgehead atoms. The van der Waals surface area contributed by atoms with E-state index < -0.39 is 0 Å². The van der Waals surface area contributed by atoms with E-state index in [0.29, 0.717) is 12.2 Å². The van der Waals surface area contributed by atoms with Crippen LogP contribution in [0.15, 0.2) is 48.8 Å². The van der Waals surface area contributed by atoms with Gasteiger partial charge in [0.25, 0.3) is 0 Å². The second kappa shape index (κ2) is 7.87. The van der Waals surface area contributed by atoms with E-state index >= 15 is 0 Å². The molecule has 0 atom stereocenters. The second-order valence-electron chi connectivity index (χ2n) is 7.01. The Bertz CT molecular complexity index is 1160. The molecule has 0 radical (unpaired) electrons. The molecule has 0 unspecified atom stereocenters. The molecule has 7 heteroatoms. The van der Waals surface area contributed by atoms with Crippen LogP contribution in [-0.4, -0.2) is 30.5 Å². The topological polar surface area (TPSA) is 77.6 Å². The number of amides is 1. The maximum atomic E-state index is 12.6. The quantitative estimate of drug-likeness (QED) is 0.550. The number of rotatable bonds is 6. The first-order valence-corrected chi connectivity index (χ1v) is 9.74. The molecule has 0 aliphatic carbocycles. The summed E-state index contributed by atoms with van der Waals surface area (Å²) in [5, 5.41) is 12.8. The van der Waals surface area contributed by atoms with Crippen LogP contribution in [-0.2, 0) is 24.4 Å². The number of pyridine rings is 1. The number of nitrogens with one attached hydrogen (secondary N) is 1. The summed E-state index contributed by atoms with van der Waals surface area (Å²) in [5.74, 6) is -0.107. The van der Waals surface area contributed by atoms with Crippen molar-refractivity contribution in [2.75, 3.05) is 0 Å². The summed E-state index contributed by atoms with van der Waals surface area (Å²) in [5.41, 5.74) is 5.85. The Morgan fingerprint density at radius 1 is 1.10 bits per heavy atom. The number of hydrogen-bond acceptors (Lipinski definition) is 4. The van der Waals surface area contributed by atoms with Gasteiger partial charge in [0, 0.05) is 35.9 Å². The maximum Gasteiger partial charge on any atom is 0.242 e. The predicted octanol–water partition coefficient (Wildman–Crippen LogP) is 3.25. The molecule has 4 aromatic rings. The highest BCUT2D eigenvalue weighted by atomic mass is 16.2. The number of aryl methyl sites for hydroxylation is 2. The Morgan fingerprint density at radius 2 is 1.90 bits per heavy atom. The van der Waals surface area contributed by atoms with Gasteiger partial charge in [-0.05, 0) is 38.0 Å². The van der Waals surface area contributed by atoms with Crippen molar-refractivity contribution in [3.8, 4) is 11.1 Å². The summed E-state index contributed by atoms with van der Waals surface area (Å²) in [6.07, 6.45) is 3.57. The van der Waals surface area contributed by atoms with Crippen LogP contribution in [0, 0.1) is 13.8 Å². The lowest BCUT2D eigenvalue weighted by atomic mass is 10.0. The fourth-order valence-electron chi connectivity index (χ4n) is 3.61. The van der Waals surface area contributed by atoms with Gasteiger partial charge < -0.3 is 5.32 Å². The average Bonchev–Trinajstić information content (AvgIpc) is 3.26. The number of nitrogens with zero attached hydrogens (tertiary/aromatic N) is 5. The summed E-state index contributed by atoms with van der Waals surface area (Å²) in [6, 6.07) is 12.1. The lowest BCUT2D eigenvalue weighted by Gasteiger charge is -2.07. The summed E-state index contributed by atoms with van der Waals surface area (Å²) >= 11 is 0. The minimum atomic E-state index is -0.107. The van der Waals surface area contributed by atoms with Crippen molar-refractivity contribution >= 4 is 16.9 Å². The summed E-state index contributed by atoms with van der Waals surface area (Å²) < 4.78 is 3.59. The predicted molar refractivity (Wildman–Crippen MR) is 112 cm³/mol. The van der Waals surface area contributed by atoms with Gasteiger partial charge in [-0.2, -0.15) is 10.2 Å². The van der Waals surface area contributed by atoms with Crippen LogP contribution in [0.4, 0.5) is 0 Å². The molecule has 1 aromatic carbocycles. The van der Waals surface area contributed by atoms with Gasteiger partial charge in [-0.3, -0.25) is 9.48 Å². The van der Waals surface area contributed by atoms with E-state index in [-0.39, 0.29) is 12.5 Å². The van der Waals surface area contributed by atoms with E-state index in [1.807, 2.05) is 49.7 Å². The molecule has 29 heavy (non-hydrogen) atoms. The van der Waals surface area contributed by atoms with Gasteiger partial charge in [0.2, 0.25) is 5.91 Å². The summed E-state index contributed by atoms with van der Waals surface area (Å²) in [6.45, 7) is 7.39. The van der Waals surface area contributed by atoms with Gasteiger partial charge in [-0.1, -0.05) is 30.3 Å². The molecule has 0 aliphatic rings. The Balaban J connectivity index is 1.55. The minimum absolute atomic E-state index is 0.107. The van der Waals surface area contributed by atoms with Gasteiger partial charge in [0.15, 0.2) is 5.65 Å². The summed E-state index contributed by atoms with van der Waals surface area (Å²) in [4.78, 5) is 17.0. The van der Waals surface area contributed by atoms with Crippen molar-refractivity contribution in [2.45, 2.75) is 40.4 Å². The zero-order valence-corrected chi connectivity index (χ0v) is 16.9. The first kappa shape index (κ1) is 18.9. The van der Waals surface area contributed by atoms with Crippen LogP contribution < -0.4 is 5.32 Å². The van der Waals surface area contributed by atoms with Crippen LogP contribution in [0.5, 0.6) is 0 Å². The molecule has 0 aliphatic heterocycles. The van der Waals surface area contributed by atoms with E-state index in [9.17, 15) is 4.79 Å². The standard InChI is InChI=1S/C22H24N6O/c1-4-27-16(3)18(13-25-27)12-24-20(29)14-28-22-21(15(2)26-28)19(10-11-23-22)17-8-6-5-7-9-17/h5-11,13H,4,12,14H2,1-3H3,(H,24,29). The highest BCUT2D eigenvalue weighted by Crippen LogP contribution is 2.29. The Morgan fingerprint density at radius 3 is 2.62 bits per heavy atom. The maximum absolute atomic E-state index is 12.6. The Labute approximate surface area is 169 Å². The molecule has 3 heterocycles. The average molecular weight is 388 g/mol. The second-order valence-corrected chi connectivity index (χ2v) is 7.01. The normalized spacial score (nSPS) is 11.1. The number of carbonyl (C=O) groups is 1. The lowest BCUT2D eigenvalue weighted by Crippen LogP contribution is -2.27. The largest absolute Gasteiger partial charge is 0.350 e. The number of carbonyl (C=O) groups excluding carboxylic acids is 1. The fraction of sp³-hybridized carbons (Fsp3) is 0.273. The first-order valence-electron chi connectivity index (χ1n) is 9.74. The molecule has 0 spiro atoms. The van der Waals surface area contributed by atoms with Crippen LogP contribution in [0.3, 0.4) is 0 Å². The Kier molecular flexibility index (Phi) is 5.12. The SMILES string of the molecule is CCn1ncc(CNC(=O)Cn2nc(C)c3c(-c4ccccc4)ccnc32)c1C. The minimum Gasteiger partial charge on any atom is -0.350 e. The molecular weight excluding hydrogens is 364 g/mol. The number of benzene rings is 1. The van der Waals surface area contributed by atoms with Gasteiger partial charge in [-0.15, -0.1) is 0 Å². The molecule has 7 nitrogen and oxygen atoms in total. The van der Waals surface area contributed by atoms with Crippen molar-refractivity contribution in [1.82, 2.24) is 29.9 Å². The molecule has 0 saturated carbocycles. The third kappa shape index (κ3) is 3.63. The van der Waals surface area contributed by atoms with Gasteiger partial charge >= 0.3 is 0 Å². The van der Waals surface area contributed by atoms with E-state index in [1.165, 1.54) is 0 Å². The molecule has 1 N–H and O–H groups in total. The van der Waals surface area contributed by atoms with Crippen molar-refractivity contribution in [3.63, 3.8) is 0 Å². The van der Waals surface area contributed by atoms with Gasteiger partial charge in [0.05, 0.1) is 11.9 Å². The van der Waals surface area contributed by atoms with Crippen LogP contribution in [0.2, 0.25) is 0 Å². The molecule has 1 amide bonds. The monoisotopic (exact) mass is 388 g/mol. The highest BCUT2D eigenvalue weighted by Gasteiger charge is 2.16. The third-order valence-electron chi connectivity index (χ3n) is 5.17. The summed E-state index contributed by atoms with van der Waals surface area (Å²) in [7, 11) is 0. The van der Waals surface area contributed by atoms with E-state index in [4.69, 9.17) is 0 Å². The first-order chi connectivity index (χ1) is 14.1. The van der Waals surface area contributed by atoms with Gasteiger partial charge in [-0.25, -0.2) is 9.67 Å². The zero-order chi connectivity index (χ0) is 20.4. The van der Waals surface area contributed by atoms with E-state index in [1.54, 1.807) is 17.1 Å². The molecule has 0 saturated heterocycles. The molecule has 3 aromatic heterocycles. The molecule has 148 valence electrons. The van der Waals surface area contributed by atoms with Crippen molar-refractivity contribution in [3.05, 3.63) is 65.7 Å². The van der Waals surface area contributed by atoms with Crippen molar-refractivity contribution in [2.24, 2.45) is 0 Å². The van der Waals surface area contributed by atoms with E-state index in [0.717, 1.165) is 40.0 Å². The fourth-order valence-corrected chi connectivity index (χ4v) is 3.61. The molecule has 0 fully saturated rings. The number of aromatic nitrogens is 5. The van der Waals surface area contributed by atoms with Gasteiger partial charge in [0.1, 0.15) is 6.54 Å². The van der Waals surface area contributed by atoms with Crippen LogP contribution >= 0.6 is 0 Å². The third-order valence-corrected chi connectivity index (χ3v) is 5.17. The zero-order valence-electron chi connectivity index (χ0n) is 16.9. The number of hydrogen-bond donors (Lipinski definition) is 1. The molecule has 4 rings (SSSR count). The van der Waals surface area contributed by atoms with Crippen molar-refractivity contribution < 1.29 is 4.79 Å². The van der Waals surface area contributed by atoms with Crippen LogP contribution in [0.25, 0.3) is 22.2 Å². The molecular formula is C22H24N6O.